The molecule has 0 aliphatic carbocycles. The average Bonchev–Trinajstić information content (AvgIpc) is 2.64. The van der Waals surface area contributed by atoms with E-state index in [9.17, 15) is 0 Å². The number of pyridine rings is 1. The van der Waals surface area contributed by atoms with Crippen molar-refractivity contribution in [2.24, 2.45) is 0 Å². The molecular weight excluding hydrogens is 262 g/mol. The van der Waals surface area contributed by atoms with Gasteiger partial charge in [0.05, 0.1) is 5.52 Å². The Hall–Kier alpha value is -0.810. The minimum absolute atomic E-state index is 0.389. The summed E-state index contributed by atoms with van der Waals surface area (Å²) in [5, 5.41) is 0. The molecule has 0 amide bonds. The van der Waals surface area contributed by atoms with Crippen molar-refractivity contribution in [3.63, 3.8) is 0 Å². The van der Waals surface area contributed by atoms with Crippen molar-refractivity contribution < 1.29 is 0 Å². The van der Waals surface area contributed by atoms with Crippen LogP contribution in [0.2, 0.25) is 0 Å². The molecule has 0 radical (unpaired) electrons. The smallest absolute Gasteiger partial charge is 0.179 e. The number of aryl methyl sites for hydroxylation is 1. The maximum absolute atomic E-state index is 5.41. The number of imidazole rings is 1. The number of hydrogen-bond donors (Lipinski definition) is 1. The van der Waals surface area contributed by atoms with E-state index >= 15 is 0 Å². The highest BCUT2D eigenvalue weighted by Gasteiger charge is 2.12. The van der Waals surface area contributed by atoms with Crippen LogP contribution in [0.4, 0.5) is 0 Å². The predicted octanol–water partition coefficient (Wildman–Crippen LogP) is 4.11. The van der Waals surface area contributed by atoms with Crippen molar-refractivity contribution in [1.29, 1.82) is 0 Å². The third-order valence-corrected chi connectivity index (χ3v) is 4.26. The van der Waals surface area contributed by atoms with Gasteiger partial charge in [0.1, 0.15) is 0 Å². The van der Waals surface area contributed by atoms with E-state index in [1.165, 1.54) is 5.75 Å². The van der Waals surface area contributed by atoms with Gasteiger partial charge in [-0.15, -0.1) is 0 Å². The molecule has 0 aromatic carbocycles. The number of H-pyrrole nitrogens is 1. The second-order valence-electron chi connectivity index (χ2n) is 4.46. The molecule has 5 heteroatoms. The van der Waals surface area contributed by atoms with Gasteiger partial charge in [0.25, 0.3) is 0 Å². The summed E-state index contributed by atoms with van der Waals surface area (Å²) in [5.41, 5.74) is 3.04. The molecule has 1 N–H and O–H groups in total. The van der Waals surface area contributed by atoms with Crippen LogP contribution in [0.25, 0.3) is 11.2 Å². The lowest BCUT2D eigenvalue weighted by molar-refractivity contribution is 0.539. The monoisotopic (exact) mass is 281 g/mol. The lowest BCUT2D eigenvalue weighted by atomic mass is 10.2. The zero-order valence-electron chi connectivity index (χ0n) is 11.1. The average molecular weight is 281 g/mol. The lowest BCUT2D eigenvalue weighted by Crippen LogP contribution is -2.07. The summed E-state index contributed by atoms with van der Waals surface area (Å²) in [6, 6.07) is 4.45. The highest BCUT2D eigenvalue weighted by molar-refractivity contribution is 7.99. The first-order valence-corrected chi connectivity index (χ1v) is 7.85. The molecule has 2 heterocycles. The van der Waals surface area contributed by atoms with E-state index in [1.54, 1.807) is 0 Å². The normalized spacial score (nSPS) is 13.1. The summed E-state index contributed by atoms with van der Waals surface area (Å²) in [6.07, 6.45) is 1.12. The Morgan fingerprint density at radius 2 is 2.28 bits per heavy atom. The van der Waals surface area contributed by atoms with E-state index < -0.39 is 0 Å². The number of aromatic nitrogens is 3. The van der Waals surface area contributed by atoms with E-state index in [-0.39, 0.29) is 0 Å². The molecular formula is C13H19N3S2. The van der Waals surface area contributed by atoms with E-state index in [0.717, 1.165) is 33.8 Å². The first kappa shape index (κ1) is 13.6. The SMILES string of the molecule is CCSCCC(C)n1c(=S)[nH]c2ccc(C)nc21. The fraction of sp³-hybridized carbons (Fsp3) is 0.538. The van der Waals surface area contributed by atoms with E-state index in [2.05, 4.69) is 34.4 Å². The first-order valence-electron chi connectivity index (χ1n) is 6.29. The Balaban J connectivity index is 2.34. The summed E-state index contributed by atoms with van der Waals surface area (Å²) in [5.74, 6) is 2.33. The lowest BCUT2D eigenvalue weighted by Gasteiger charge is -2.13. The highest BCUT2D eigenvalue weighted by atomic mass is 32.2. The molecule has 98 valence electrons. The molecule has 1 unspecified atom stereocenters. The van der Waals surface area contributed by atoms with Crippen LogP contribution >= 0.6 is 24.0 Å². The molecule has 0 aliphatic rings. The summed E-state index contributed by atoms with van der Waals surface area (Å²) in [4.78, 5) is 7.84. The largest absolute Gasteiger partial charge is 0.329 e. The number of rotatable bonds is 5. The van der Waals surface area contributed by atoms with Crippen molar-refractivity contribution in [3.8, 4) is 0 Å². The molecule has 1 atom stereocenters. The quantitative estimate of drug-likeness (QED) is 0.661. The topological polar surface area (TPSA) is 33.6 Å². The summed E-state index contributed by atoms with van der Waals surface area (Å²) in [7, 11) is 0. The van der Waals surface area contributed by atoms with E-state index in [4.69, 9.17) is 12.2 Å². The van der Waals surface area contributed by atoms with Crippen molar-refractivity contribution >= 4 is 35.1 Å². The Morgan fingerprint density at radius 3 is 3.00 bits per heavy atom. The minimum atomic E-state index is 0.389. The second-order valence-corrected chi connectivity index (χ2v) is 6.24. The van der Waals surface area contributed by atoms with Crippen LogP contribution in [-0.4, -0.2) is 26.0 Å². The number of fused-ring (bicyclic) bond motifs is 1. The summed E-state index contributed by atoms with van der Waals surface area (Å²) >= 11 is 7.38. The molecule has 2 aromatic heterocycles. The molecule has 2 aromatic rings. The number of nitrogens with one attached hydrogen (secondary N) is 1. The van der Waals surface area contributed by atoms with Gasteiger partial charge in [-0.05, 0) is 56.1 Å². The first-order chi connectivity index (χ1) is 8.63. The Morgan fingerprint density at radius 1 is 1.50 bits per heavy atom. The summed E-state index contributed by atoms with van der Waals surface area (Å²) < 4.78 is 2.92. The molecule has 3 nitrogen and oxygen atoms in total. The molecule has 0 aliphatic heterocycles. The third kappa shape index (κ3) is 2.78. The zero-order valence-corrected chi connectivity index (χ0v) is 12.7. The fourth-order valence-electron chi connectivity index (χ4n) is 2.03. The predicted molar refractivity (Wildman–Crippen MR) is 82.0 cm³/mol. The maximum atomic E-state index is 5.41. The van der Waals surface area contributed by atoms with Crippen LogP contribution in [0.5, 0.6) is 0 Å². The van der Waals surface area contributed by atoms with Crippen LogP contribution in [0.15, 0.2) is 12.1 Å². The van der Waals surface area contributed by atoms with Gasteiger partial charge in [-0.25, -0.2) is 4.98 Å². The number of thioether (sulfide) groups is 1. The summed E-state index contributed by atoms with van der Waals surface area (Å²) in [6.45, 7) is 6.42. The van der Waals surface area contributed by atoms with Gasteiger partial charge in [-0.1, -0.05) is 6.92 Å². The van der Waals surface area contributed by atoms with Crippen LogP contribution < -0.4 is 0 Å². The van der Waals surface area contributed by atoms with Gasteiger partial charge in [-0.3, -0.25) is 4.57 Å². The van der Waals surface area contributed by atoms with Crippen LogP contribution in [0, 0.1) is 11.7 Å². The fourth-order valence-corrected chi connectivity index (χ4v) is 3.20. The third-order valence-electron chi connectivity index (χ3n) is 3.03. The van der Waals surface area contributed by atoms with E-state index in [0.29, 0.717) is 6.04 Å². The molecule has 0 saturated heterocycles. The van der Waals surface area contributed by atoms with Crippen LogP contribution in [0.3, 0.4) is 0 Å². The standard InChI is InChI=1S/C13H19N3S2/c1-4-18-8-7-10(3)16-12-11(15-13(16)17)6-5-9(2)14-12/h5-6,10H,4,7-8H2,1-3H3,(H,15,17). The van der Waals surface area contributed by atoms with Crippen LogP contribution in [-0.2, 0) is 0 Å². The minimum Gasteiger partial charge on any atom is -0.329 e. The number of hydrogen-bond acceptors (Lipinski definition) is 3. The molecule has 0 spiro atoms. The second kappa shape index (κ2) is 5.89. The van der Waals surface area contributed by atoms with Gasteiger partial charge in [0.2, 0.25) is 0 Å². The number of aromatic amines is 1. The molecule has 0 saturated carbocycles. The van der Waals surface area contributed by atoms with Crippen molar-refractivity contribution in [2.75, 3.05) is 11.5 Å². The molecule has 0 bridgehead atoms. The van der Waals surface area contributed by atoms with Gasteiger partial charge in [0.15, 0.2) is 10.4 Å². The Labute approximate surface area is 117 Å². The van der Waals surface area contributed by atoms with Gasteiger partial charge in [-0.2, -0.15) is 11.8 Å². The zero-order chi connectivity index (χ0) is 13.1. The van der Waals surface area contributed by atoms with Gasteiger partial charge in [0, 0.05) is 11.7 Å². The van der Waals surface area contributed by atoms with Crippen molar-refractivity contribution in [2.45, 2.75) is 33.2 Å². The van der Waals surface area contributed by atoms with Gasteiger partial charge < -0.3 is 4.98 Å². The van der Waals surface area contributed by atoms with Crippen molar-refractivity contribution in [1.82, 2.24) is 14.5 Å². The van der Waals surface area contributed by atoms with Crippen molar-refractivity contribution in [3.05, 3.63) is 22.6 Å². The van der Waals surface area contributed by atoms with Gasteiger partial charge >= 0.3 is 0 Å². The number of nitrogens with zero attached hydrogens (tertiary/aromatic N) is 2. The molecule has 2 rings (SSSR count). The Bertz CT molecular complexity index is 585. The van der Waals surface area contributed by atoms with Crippen LogP contribution in [0.1, 0.15) is 32.0 Å². The maximum Gasteiger partial charge on any atom is 0.179 e. The molecule has 0 fully saturated rings. The highest BCUT2D eigenvalue weighted by Crippen LogP contribution is 2.21. The Kier molecular flexibility index (Phi) is 4.45. The molecule has 18 heavy (non-hydrogen) atoms. The van der Waals surface area contributed by atoms with E-state index in [1.807, 2.05) is 24.8 Å².